The van der Waals surface area contributed by atoms with E-state index in [0.717, 1.165) is 48.7 Å². The fourth-order valence-corrected chi connectivity index (χ4v) is 5.03. The van der Waals surface area contributed by atoms with Crippen LogP contribution in [0.5, 0.6) is 0 Å². The van der Waals surface area contributed by atoms with Crippen LogP contribution < -0.4 is 5.32 Å². The van der Waals surface area contributed by atoms with Gasteiger partial charge in [0.15, 0.2) is 0 Å². The van der Waals surface area contributed by atoms with Crippen molar-refractivity contribution in [2.24, 2.45) is 5.92 Å². The van der Waals surface area contributed by atoms with Crippen LogP contribution >= 0.6 is 22.7 Å². The van der Waals surface area contributed by atoms with Crippen molar-refractivity contribution in [2.45, 2.75) is 25.9 Å². The zero-order valence-corrected chi connectivity index (χ0v) is 16.8. The molecule has 27 heavy (non-hydrogen) atoms. The van der Waals surface area contributed by atoms with Crippen LogP contribution in [-0.4, -0.2) is 28.9 Å². The van der Waals surface area contributed by atoms with Gasteiger partial charge in [0, 0.05) is 24.4 Å². The Balaban J connectivity index is 1.23. The molecule has 0 aliphatic carbocycles. The van der Waals surface area contributed by atoms with Gasteiger partial charge in [0.1, 0.15) is 5.01 Å². The fraction of sp³-hybridized carbons (Fsp3) is 0.333. The minimum Gasteiger partial charge on any atom is -0.352 e. The highest BCUT2D eigenvalue weighted by molar-refractivity contribution is 7.20. The molecule has 3 aromatic rings. The topological polar surface area (TPSA) is 45.2 Å². The van der Waals surface area contributed by atoms with Crippen molar-refractivity contribution in [3.63, 3.8) is 0 Å². The summed E-state index contributed by atoms with van der Waals surface area (Å²) in [5.74, 6) is 0.314. The maximum Gasteiger partial charge on any atom is 0.223 e. The van der Waals surface area contributed by atoms with Crippen LogP contribution in [0.3, 0.4) is 0 Å². The van der Waals surface area contributed by atoms with Crippen molar-refractivity contribution < 1.29 is 4.79 Å². The number of likely N-dealkylation sites (tertiary alicyclic amines) is 1. The van der Waals surface area contributed by atoms with E-state index in [2.05, 4.69) is 33.1 Å². The molecule has 6 heteroatoms. The van der Waals surface area contributed by atoms with E-state index >= 15 is 0 Å². The number of aromatic nitrogens is 1. The molecule has 1 aliphatic rings. The first kappa shape index (κ1) is 18.3. The summed E-state index contributed by atoms with van der Waals surface area (Å²) in [7, 11) is 0. The van der Waals surface area contributed by atoms with E-state index in [-0.39, 0.29) is 11.8 Å². The Kier molecular flexibility index (Phi) is 5.97. The van der Waals surface area contributed by atoms with Gasteiger partial charge in [-0.25, -0.2) is 4.98 Å². The summed E-state index contributed by atoms with van der Waals surface area (Å²) < 4.78 is 0. The summed E-state index contributed by atoms with van der Waals surface area (Å²) in [4.78, 5) is 20.9. The lowest BCUT2D eigenvalue weighted by Gasteiger charge is -2.30. The number of piperidine rings is 1. The maximum atomic E-state index is 12.4. The van der Waals surface area contributed by atoms with Gasteiger partial charge in [-0.05, 0) is 42.9 Å². The van der Waals surface area contributed by atoms with Crippen LogP contribution in [0.15, 0.2) is 53.2 Å². The second-order valence-corrected chi connectivity index (χ2v) is 8.68. The lowest BCUT2D eigenvalue weighted by Crippen LogP contribution is -2.40. The molecule has 1 saturated heterocycles. The van der Waals surface area contributed by atoms with Crippen molar-refractivity contribution in [1.29, 1.82) is 0 Å². The first-order valence-electron chi connectivity index (χ1n) is 9.30. The zero-order chi connectivity index (χ0) is 18.5. The Hall–Kier alpha value is -2.02. The highest BCUT2D eigenvalue weighted by Gasteiger charge is 2.25. The number of nitrogens with one attached hydrogen (secondary N) is 1. The van der Waals surface area contributed by atoms with E-state index < -0.39 is 0 Å². The number of nitrogens with zero attached hydrogens (tertiary/aromatic N) is 2. The smallest absolute Gasteiger partial charge is 0.223 e. The molecular formula is C21H23N3OS2. The van der Waals surface area contributed by atoms with Crippen molar-refractivity contribution in [3.8, 4) is 9.88 Å². The minimum absolute atomic E-state index is 0.127. The summed E-state index contributed by atoms with van der Waals surface area (Å²) >= 11 is 3.45. The molecule has 4 rings (SSSR count). The van der Waals surface area contributed by atoms with Crippen LogP contribution in [0.25, 0.3) is 9.88 Å². The predicted molar refractivity (Wildman–Crippen MR) is 112 cm³/mol. The predicted octanol–water partition coefficient (Wildman–Crippen LogP) is 4.40. The molecule has 0 unspecified atom stereocenters. The Morgan fingerprint density at radius 1 is 1.11 bits per heavy atom. The summed E-state index contributed by atoms with van der Waals surface area (Å²) in [5.41, 5.74) is 2.28. The van der Waals surface area contributed by atoms with Crippen molar-refractivity contribution in [1.82, 2.24) is 15.2 Å². The van der Waals surface area contributed by atoms with Gasteiger partial charge >= 0.3 is 0 Å². The molecule has 1 aliphatic heterocycles. The molecule has 1 N–H and O–H groups in total. The highest BCUT2D eigenvalue weighted by atomic mass is 32.1. The summed E-state index contributed by atoms with van der Waals surface area (Å²) in [6.45, 7) is 3.40. The maximum absolute atomic E-state index is 12.4. The van der Waals surface area contributed by atoms with Crippen LogP contribution in [0, 0.1) is 5.92 Å². The number of hydrogen-bond donors (Lipinski definition) is 1. The van der Waals surface area contributed by atoms with E-state index in [4.69, 9.17) is 4.98 Å². The molecule has 4 nitrogen and oxygen atoms in total. The quantitative estimate of drug-likeness (QED) is 0.670. The Labute approximate surface area is 167 Å². The van der Waals surface area contributed by atoms with Gasteiger partial charge in [-0.2, -0.15) is 0 Å². The fourth-order valence-electron chi connectivity index (χ4n) is 3.40. The van der Waals surface area contributed by atoms with Crippen molar-refractivity contribution >= 4 is 28.6 Å². The van der Waals surface area contributed by atoms with Gasteiger partial charge in [0.25, 0.3) is 0 Å². The Morgan fingerprint density at radius 3 is 2.67 bits per heavy atom. The van der Waals surface area contributed by atoms with E-state index in [9.17, 15) is 4.79 Å². The van der Waals surface area contributed by atoms with Crippen LogP contribution in [-0.2, 0) is 17.9 Å². The van der Waals surface area contributed by atoms with Crippen LogP contribution in [0.4, 0.5) is 0 Å². The number of carbonyl (C=O) groups excluding carboxylic acids is 1. The molecule has 0 atom stereocenters. The first-order chi connectivity index (χ1) is 13.3. The number of benzene rings is 1. The van der Waals surface area contributed by atoms with Gasteiger partial charge < -0.3 is 5.32 Å². The largest absolute Gasteiger partial charge is 0.352 e. The number of hydrogen-bond acceptors (Lipinski definition) is 5. The standard InChI is InChI=1S/C21H23N3OS2/c25-20(22-13-16-5-2-1-3-6-16)17-8-10-24(11-9-17)14-18-15-27-21(23-18)19-7-4-12-26-19/h1-7,12,15,17H,8-11,13-14H2,(H,22,25). The normalized spacial score (nSPS) is 15.7. The molecule has 1 amide bonds. The van der Waals surface area contributed by atoms with E-state index in [1.54, 1.807) is 22.7 Å². The third-order valence-corrected chi connectivity index (χ3v) is 6.87. The summed E-state index contributed by atoms with van der Waals surface area (Å²) in [6, 6.07) is 14.3. The number of rotatable bonds is 6. The molecule has 1 fully saturated rings. The van der Waals surface area contributed by atoms with E-state index in [1.807, 2.05) is 30.3 Å². The summed E-state index contributed by atoms with van der Waals surface area (Å²) in [6.07, 6.45) is 1.84. The van der Waals surface area contributed by atoms with E-state index in [0.29, 0.717) is 6.54 Å². The lowest BCUT2D eigenvalue weighted by atomic mass is 9.95. The Morgan fingerprint density at radius 2 is 1.93 bits per heavy atom. The van der Waals surface area contributed by atoms with Gasteiger partial charge in [0.2, 0.25) is 5.91 Å². The van der Waals surface area contributed by atoms with Gasteiger partial charge in [-0.3, -0.25) is 9.69 Å². The molecule has 0 radical (unpaired) electrons. The van der Waals surface area contributed by atoms with Gasteiger partial charge in [-0.15, -0.1) is 22.7 Å². The highest BCUT2D eigenvalue weighted by Crippen LogP contribution is 2.28. The minimum atomic E-state index is 0.127. The van der Waals surface area contributed by atoms with Crippen LogP contribution in [0.2, 0.25) is 0 Å². The number of carbonyl (C=O) groups is 1. The van der Waals surface area contributed by atoms with Crippen molar-refractivity contribution in [2.75, 3.05) is 13.1 Å². The van der Waals surface area contributed by atoms with Gasteiger partial charge in [-0.1, -0.05) is 36.4 Å². The second-order valence-electron chi connectivity index (χ2n) is 6.88. The second kappa shape index (κ2) is 8.78. The molecule has 0 spiro atoms. The molecule has 0 bridgehead atoms. The molecule has 3 heterocycles. The third-order valence-electron chi connectivity index (χ3n) is 4.94. The molecule has 140 valence electrons. The molecule has 0 saturated carbocycles. The van der Waals surface area contributed by atoms with Crippen molar-refractivity contribution in [3.05, 3.63) is 64.5 Å². The average Bonchev–Trinajstić information content (AvgIpc) is 3.39. The molecule has 1 aromatic carbocycles. The third kappa shape index (κ3) is 4.83. The molecular weight excluding hydrogens is 374 g/mol. The monoisotopic (exact) mass is 397 g/mol. The Bertz CT molecular complexity index is 853. The van der Waals surface area contributed by atoms with Crippen LogP contribution in [0.1, 0.15) is 24.1 Å². The first-order valence-corrected chi connectivity index (χ1v) is 11.1. The van der Waals surface area contributed by atoms with E-state index in [1.165, 1.54) is 4.88 Å². The number of thiazole rings is 1. The molecule has 2 aromatic heterocycles. The number of thiophene rings is 1. The average molecular weight is 398 g/mol. The lowest BCUT2D eigenvalue weighted by molar-refractivity contribution is -0.126. The SMILES string of the molecule is O=C(NCc1ccccc1)C1CCN(Cc2csc(-c3cccs3)n2)CC1. The summed E-state index contributed by atoms with van der Waals surface area (Å²) in [5, 5.41) is 8.44. The zero-order valence-electron chi connectivity index (χ0n) is 15.1. The van der Waals surface area contributed by atoms with Gasteiger partial charge in [0.05, 0.1) is 10.6 Å². The number of amides is 1.